The Bertz CT molecular complexity index is 469. The molecule has 0 aliphatic heterocycles. The van der Waals surface area contributed by atoms with E-state index in [0.29, 0.717) is 5.92 Å². The number of carbonyl (C=O) groups excluding carboxylic acids is 1. The van der Waals surface area contributed by atoms with Crippen LogP contribution in [0, 0.1) is 5.92 Å². The summed E-state index contributed by atoms with van der Waals surface area (Å²) in [6, 6.07) is 8.44. The van der Waals surface area contributed by atoms with Crippen LogP contribution in [0.4, 0.5) is 10.5 Å². The molecule has 142 valence electrons. The highest BCUT2D eigenvalue weighted by Gasteiger charge is 2.13. The molecule has 1 aromatic rings. The Labute approximate surface area is 155 Å². The Balaban J connectivity index is 2.37. The van der Waals surface area contributed by atoms with Gasteiger partial charge in [0.05, 0.1) is 0 Å². The molecule has 0 heterocycles. The maximum atomic E-state index is 12.2. The predicted molar refractivity (Wildman–Crippen MR) is 109 cm³/mol. The van der Waals surface area contributed by atoms with E-state index in [1.165, 1.54) is 37.7 Å². The molecule has 0 bridgehead atoms. The average Bonchev–Trinajstić information content (AvgIpc) is 2.62. The van der Waals surface area contributed by atoms with Gasteiger partial charge in [0.25, 0.3) is 0 Å². The van der Waals surface area contributed by atoms with Gasteiger partial charge in [0.2, 0.25) is 0 Å². The number of unbranched alkanes of at least 4 members (excludes halogenated alkanes) is 4. The van der Waals surface area contributed by atoms with Gasteiger partial charge in [0.15, 0.2) is 0 Å². The molecule has 3 heteroatoms. The average molecular weight is 347 g/mol. The summed E-state index contributed by atoms with van der Waals surface area (Å²) in [7, 11) is 0. The maximum absolute atomic E-state index is 12.2. The lowest BCUT2D eigenvalue weighted by molar-refractivity contribution is 0.245. The zero-order valence-electron chi connectivity index (χ0n) is 16.7. The van der Waals surface area contributed by atoms with E-state index in [-0.39, 0.29) is 12.1 Å². The molecular formula is C22H38N2O. The van der Waals surface area contributed by atoms with E-state index in [1.54, 1.807) is 0 Å². The van der Waals surface area contributed by atoms with E-state index in [1.807, 2.05) is 12.1 Å². The number of urea groups is 1. The lowest BCUT2D eigenvalue weighted by Gasteiger charge is -2.20. The normalized spacial score (nSPS) is 13.3. The van der Waals surface area contributed by atoms with E-state index >= 15 is 0 Å². The monoisotopic (exact) mass is 346 g/mol. The van der Waals surface area contributed by atoms with Crippen LogP contribution in [0.25, 0.3) is 0 Å². The molecule has 2 unspecified atom stereocenters. The second kappa shape index (κ2) is 12.8. The van der Waals surface area contributed by atoms with E-state index in [9.17, 15) is 4.79 Å². The Morgan fingerprint density at radius 3 is 2.24 bits per heavy atom. The summed E-state index contributed by atoms with van der Waals surface area (Å²) in [6.07, 6.45) is 10.8. The molecule has 2 N–H and O–H groups in total. The van der Waals surface area contributed by atoms with Gasteiger partial charge in [0, 0.05) is 11.7 Å². The third-order valence-electron chi connectivity index (χ3n) is 4.99. The van der Waals surface area contributed by atoms with Crippen molar-refractivity contribution < 1.29 is 4.79 Å². The van der Waals surface area contributed by atoms with E-state index < -0.39 is 0 Å². The summed E-state index contributed by atoms with van der Waals surface area (Å²) in [6.45, 7) is 8.81. The molecule has 2 atom stereocenters. The summed E-state index contributed by atoms with van der Waals surface area (Å²) >= 11 is 0. The van der Waals surface area contributed by atoms with Crippen molar-refractivity contribution in [2.75, 3.05) is 5.32 Å². The van der Waals surface area contributed by atoms with Gasteiger partial charge in [0.1, 0.15) is 0 Å². The first-order valence-electron chi connectivity index (χ1n) is 10.2. The van der Waals surface area contributed by atoms with Gasteiger partial charge in [-0.3, -0.25) is 0 Å². The minimum Gasteiger partial charge on any atom is -0.335 e. The minimum absolute atomic E-state index is 0.0949. The molecule has 1 aromatic carbocycles. The smallest absolute Gasteiger partial charge is 0.319 e. The van der Waals surface area contributed by atoms with Crippen molar-refractivity contribution in [3.63, 3.8) is 0 Å². The second-order valence-corrected chi connectivity index (χ2v) is 7.31. The number of amides is 2. The van der Waals surface area contributed by atoms with E-state index in [4.69, 9.17) is 0 Å². The van der Waals surface area contributed by atoms with Crippen LogP contribution in [0.3, 0.4) is 0 Å². The van der Waals surface area contributed by atoms with Crippen LogP contribution >= 0.6 is 0 Å². The molecule has 0 saturated heterocycles. The maximum Gasteiger partial charge on any atom is 0.319 e. The molecular weight excluding hydrogens is 308 g/mol. The number of carbonyl (C=O) groups is 1. The molecule has 0 spiro atoms. The lowest BCUT2D eigenvalue weighted by Crippen LogP contribution is -2.38. The second-order valence-electron chi connectivity index (χ2n) is 7.31. The summed E-state index contributed by atoms with van der Waals surface area (Å²) in [5, 5.41) is 6.06. The zero-order valence-corrected chi connectivity index (χ0v) is 16.7. The molecule has 0 saturated carbocycles. The van der Waals surface area contributed by atoms with Crippen LogP contribution < -0.4 is 10.6 Å². The first-order valence-corrected chi connectivity index (χ1v) is 10.2. The van der Waals surface area contributed by atoms with E-state index in [0.717, 1.165) is 31.4 Å². The van der Waals surface area contributed by atoms with Crippen molar-refractivity contribution in [1.82, 2.24) is 5.32 Å². The largest absolute Gasteiger partial charge is 0.335 e. The van der Waals surface area contributed by atoms with Gasteiger partial charge in [-0.2, -0.15) is 0 Å². The fraction of sp³-hybridized carbons (Fsp3) is 0.682. The zero-order chi connectivity index (χ0) is 18.5. The van der Waals surface area contributed by atoms with Gasteiger partial charge in [-0.1, -0.05) is 71.9 Å². The SMILES string of the molecule is CCCCCCCc1ccc(NC(=O)NC(CC)CC(C)CC)cc1. The molecule has 0 fully saturated rings. The standard InChI is InChI=1S/C22H38N2O/c1-5-8-9-10-11-12-19-13-15-21(16-14-19)24-22(25)23-20(7-3)17-18(4)6-2/h13-16,18,20H,5-12,17H2,1-4H3,(H2,23,24,25). The van der Waals surface area contributed by atoms with Gasteiger partial charge in [-0.15, -0.1) is 0 Å². The molecule has 0 aliphatic rings. The summed E-state index contributed by atoms with van der Waals surface area (Å²) in [5.74, 6) is 0.641. The number of benzene rings is 1. The topological polar surface area (TPSA) is 41.1 Å². The van der Waals surface area contributed by atoms with Crippen molar-refractivity contribution >= 4 is 11.7 Å². The fourth-order valence-corrected chi connectivity index (χ4v) is 3.02. The van der Waals surface area contributed by atoms with Crippen LogP contribution in [0.15, 0.2) is 24.3 Å². The number of hydrogen-bond donors (Lipinski definition) is 2. The summed E-state index contributed by atoms with van der Waals surface area (Å²) in [4.78, 5) is 12.2. The van der Waals surface area contributed by atoms with Gasteiger partial charge in [-0.25, -0.2) is 4.79 Å². The highest BCUT2D eigenvalue weighted by molar-refractivity contribution is 5.89. The van der Waals surface area contributed by atoms with Crippen molar-refractivity contribution in [2.24, 2.45) is 5.92 Å². The van der Waals surface area contributed by atoms with Crippen LogP contribution in [0.2, 0.25) is 0 Å². The Kier molecular flexibility index (Phi) is 11.0. The third-order valence-corrected chi connectivity index (χ3v) is 4.99. The third kappa shape index (κ3) is 9.52. The van der Waals surface area contributed by atoms with Crippen LogP contribution in [-0.2, 0) is 6.42 Å². The highest BCUT2D eigenvalue weighted by Crippen LogP contribution is 2.14. The van der Waals surface area contributed by atoms with Gasteiger partial charge < -0.3 is 10.6 Å². The molecule has 0 aromatic heterocycles. The van der Waals surface area contributed by atoms with Crippen molar-refractivity contribution in [1.29, 1.82) is 0 Å². The van der Waals surface area contributed by atoms with Crippen molar-refractivity contribution in [2.45, 2.75) is 91.5 Å². The molecule has 0 radical (unpaired) electrons. The highest BCUT2D eigenvalue weighted by atomic mass is 16.2. The molecule has 2 amide bonds. The van der Waals surface area contributed by atoms with Gasteiger partial charge >= 0.3 is 6.03 Å². The van der Waals surface area contributed by atoms with Gasteiger partial charge in [-0.05, 0) is 49.3 Å². The van der Waals surface area contributed by atoms with Crippen molar-refractivity contribution in [3.05, 3.63) is 29.8 Å². The predicted octanol–water partition coefficient (Wildman–Crippen LogP) is 6.54. The van der Waals surface area contributed by atoms with E-state index in [2.05, 4.69) is 50.5 Å². The molecule has 1 rings (SSSR count). The molecule has 0 aliphatic carbocycles. The van der Waals surface area contributed by atoms with Crippen LogP contribution in [0.5, 0.6) is 0 Å². The van der Waals surface area contributed by atoms with Crippen LogP contribution in [0.1, 0.15) is 84.6 Å². The van der Waals surface area contributed by atoms with Crippen molar-refractivity contribution in [3.8, 4) is 0 Å². The fourth-order valence-electron chi connectivity index (χ4n) is 3.02. The Morgan fingerprint density at radius 1 is 0.960 bits per heavy atom. The molecule has 25 heavy (non-hydrogen) atoms. The Hall–Kier alpha value is -1.51. The first-order chi connectivity index (χ1) is 12.1. The first kappa shape index (κ1) is 21.5. The summed E-state index contributed by atoms with van der Waals surface area (Å²) in [5.41, 5.74) is 2.22. The lowest BCUT2D eigenvalue weighted by atomic mass is 9.98. The quantitative estimate of drug-likeness (QED) is 0.415. The summed E-state index contributed by atoms with van der Waals surface area (Å²) < 4.78 is 0. The number of aryl methyl sites for hydroxylation is 1. The van der Waals surface area contributed by atoms with Crippen LogP contribution in [-0.4, -0.2) is 12.1 Å². The minimum atomic E-state index is -0.0949. The molecule has 3 nitrogen and oxygen atoms in total. The Morgan fingerprint density at radius 2 is 1.64 bits per heavy atom. The number of rotatable bonds is 12. The number of anilines is 1. The number of nitrogens with one attached hydrogen (secondary N) is 2. The number of hydrogen-bond acceptors (Lipinski definition) is 1.